The average Bonchev–Trinajstić information content (AvgIpc) is 2.26. The van der Waals surface area contributed by atoms with E-state index in [9.17, 15) is 9.90 Å². The fraction of sp³-hybridized carbons (Fsp3) is 0.500. The lowest BCUT2D eigenvalue weighted by molar-refractivity contribution is 0.0265. The number of aromatic nitrogens is 1. The van der Waals surface area contributed by atoms with Gasteiger partial charge >= 0.3 is 0 Å². The summed E-state index contributed by atoms with van der Waals surface area (Å²) in [7, 11) is 1.77. The molecule has 3 N–H and O–H groups in total. The first-order valence-corrected chi connectivity index (χ1v) is 5.71. The van der Waals surface area contributed by atoms with Crippen molar-refractivity contribution >= 4 is 11.7 Å². The van der Waals surface area contributed by atoms with Crippen LogP contribution in [0, 0.1) is 5.92 Å². The fourth-order valence-electron chi connectivity index (χ4n) is 2.12. The number of carbonyl (C=O) groups excluding carboxylic acids is 1. The van der Waals surface area contributed by atoms with E-state index in [0.717, 1.165) is 12.8 Å². The first-order chi connectivity index (χ1) is 8.06. The Morgan fingerprint density at radius 2 is 2.35 bits per heavy atom. The van der Waals surface area contributed by atoms with E-state index >= 15 is 0 Å². The number of rotatable bonds is 3. The van der Waals surface area contributed by atoms with Crippen molar-refractivity contribution in [1.82, 2.24) is 9.88 Å². The van der Waals surface area contributed by atoms with Crippen molar-refractivity contribution in [2.45, 2.75) is 18.9 Å². The fourth-order valence-corrected chi connectivity index (χ4v) is 2.12. The van der Waals surface area contributed by atoms with E-state index in [1.54, 1.807) is 24.1 Å². The van der Waals surface area contributed by atoms with Gasteiger partial charge in [0.15, 0.2) is 0 Å². The lowest BCUT2D eigenvalue weighted by Crippen LogP contribution is -2.39. The summed E-state index contributed by atoms with van der Waals surface area (Å²) in [6, 6.07) is 3.24. The summed E-state index contributed by atoms with van der Waals surface area (Å²) in [5.41, 5.74) is 6.09. The van der Waals surface area contributed by atoms with Gasteiger partial charge in [-0.3, -0.25) is 4.79 Å². The highest BCUT2D eigenvalue weighted by molar-refractivity contribution is 5.94. The van der Waals surface area contributed by atoms with Gasteiger partial charge in [0.2, 0.25) is 0 Å². The maximum Gasteiger partial charge on any atom is 0.253 e. The van der Waals surface area contributed by atoms with Gasteiger partial charge in [-0.05, 0) is 30.9 Å². The normalized spacial score (nSPS) is 22.9. The molecule has 0 aliphatic heterocycles. The number of nitrogens with two attached hydrogens (primary N) is 1. The Hall–Kier alpha value is -1.62. The summed E-state index contributed by atoms with van der Waals surface area (Å²) in [5, 5.41) is 9.20. The van der Waals surface area contributed by atoms with E-state index in [-0.39, 0.29) is 12.0 Å². The number of aliphatic hydroxyl groups excluding tert-OH is 1. The molecular weight excluding hydrogens is 218 g/mol. The zero-order valence-corrected chi connectivity index (χ0v) is 9.84. The SMILES string of the molecule is CN(CC1CC(O)C1)C(=O)c1ccnc(N)c1. The van der Waals surface area contributed by atoms with Crippen molar-refractivity contribution in [3.63, 3.8) is 0 Å². The number of nitrogen functional groups attached to an aromatic ring is 1. The van der Waals surface area contributed by atoms with E-state index in [4.69, 9.17) is 5.73 Å². The number of hydrogen-bond donors (Lipinski definition) is 2. The molecule has 1 amide bonds. The zero-order valence-electron chi connectivity index (χ0n) is 9.84. The maximum absolute atomic E-state index is 12.0. The molecule has 5 heteroatoms. The predicted molar refractivity (Wildman–Crippen MR) is 64.3 cm³/mol. The molecule has 1 aromatic rings. The highest BCUT2D eigenvalue weighted by atomic mass is 16.3. The van der Waals surface area contributed by atoms with Gasteiger partial charge in [-0.1, -0.05) is 0 Å². The largest absolute Gasteiger partial charge is 0.393 e. The highest BCUT2D eigenvalue weighted by Gasteiger charge is 2.29. The topological polar surface area (TPSA) is 79.5 Å². The lowest BCUT2D eigenvalue weighted by Gasteiger charge is -2.34. The summed E-state index contributed by atoms with van der Waals surface area (Å²) < 4.78 is 0. The van der Waals surface area contributed by atoms with Crippen LogP contribution in [0.1, 0.15) is 23.2 Å². The molecule has 1 fully saturated rings. The van der Waals surface area contributed by atoms with Crippen molar-refractivity contribution < 1.29 is 9.90 Å². The van der Waals surface area contributed by atoms with Crippen LogP contribution in [0.5, 0.6) is 0 Å². The Balaban J connectivity index is 1.95. The summed E-state index contributed by atoms with van der Waals surface area (Å²) in [5.74, 6) is 0.710. The predicted octanol–water partition coefficient (Wildman–Crippen LogP) is 0.507. The van der Waals surface area contributed by atoms with Crippen LogP contribution in [0.25, 0.3) is 0 Å². The van der Waals surface area contributed by atoms with Gasteiger partial charge in [-0.2, -0.15) is 0 Å². The van der Waals surface area contributed by atoms with Crippen LogP contribution in [0.4, 0.5) is 5.82 Å². The quantitative estimate of drug-likeness (QED) is 0.800. The van der Waals surface area contributed by atoms with Crippen LogP contribution in [0.3, 0.4) is 0 Å². The standard InChI is InChI=1S/C12H17N3O2/c1-15(7-8-4-10(16)5-8)12(17)9-2-3-14-11(13)6-9/h2-3,6,8,10,16H,4-5,7H2,1H3,(H2,13,14). The third-order valence-corrected chi connectivity index (χ3v) is 3.12. The van der Waals surface area contributed by atoms with E-state index in [1.165, 1.54) is 6.20 Å². The van der Waals surface area contributed by atoms with Crippen molar-refractivity contribution in [3.8, 4) is 0 Å². The molecule has 2 rings (SSSR count). The van der Waals surface area contributed by atoms with Crippen LogP contribution in [-0.4, -0.2) is 40.6 Å². The van der Waals surface area contributed by atoms with Gasteiger partial charge in [0.25, 0.3) is 5.91 Å². The molecule has 17 heavy (non-hydrogen) atoms. The molecule has 0 spiro atoms. The number of nitrogens with zero attached hydrogens (tertiary/aromatic N) is 2. The Morgan fingerprint density at radius 1 is 1.65 bits per heavy atom. The molecule has 0 saturated heterocycles. The number of amides is 1. The van der Waals surface area contributed by atoms with Crippen molar-refractivity contribution in [1.29, 1.82) is 0 Å². The maximum atomic E-state index is 12.0. The van der Waals surface area contributed by atoms with E-state index < -0.39 is 0 Å². The van der Waals surface area contributed by atoms with Crippen LogP contribution in [0.15, 0.2) is 18.3 Å². The number of hydrogen-bond acceptors (Lipinski definition) is 4. The number of pyridine rings is 1. The van der Waals surface area contributed by atoms with Crippen LogP contribution in [0.2, 0.25) is 0 Å². The van der Waals surface area contributed by atoms with E-state index in [1.807, 2.05) is 0 Å². The summed E-state index contributed by atoms with van der Waals surface area (Å²) in [6.07, 6.45) is 2.93. The van der Waals surface area contributed by atoms with Crippen molar-refractivity contribution in [3.05, 3.63) is 23.9 Å². The zero-order chi connectivity index (χ0) is 12.4. The summed E-state index contributed by atoms with van der Waals surface area (Å²) in [4.78, 5) is 17.6. The second-order valence-corrected chi connectivity index (χ2v) is 4.65. The van der Waals surface area contributed by atoms with Gasteiger partial charge < -0.3 is 15.7 Å². The first-order valence-electron chi connectivity index (χ1n) is 5.71. The average molecular weight is 235 g/mol. The molecule has 1 heterocycles. The minimum atomic E-state index is -0.180. The smallest absolute Gasteiger partial charge is 0.253 e. The first kappa shape index (κ1) is 11.9. The molecule has 0 bridgehead atoms. The number of carbonyl (C=O) groups is 1. The Kier molecular flexibility index (Phi) is 3.28. The monoisotopic (exact) mass is 235 g/mol. The van der Waals surface area contributed by atoms with Gasteiger partial charge in [0, 0.05) is 25.4 Å². The van der Waals surface area contributed by atoms with Crippen LogP contribution >= 0.6 is 0 Å². The molecule has 5 nitrogen and oxygen atoms in total. The minimum Gasteiger partial charge on any atom is -0.393 e. The highest BCUT2D eigenvalue weighted by Crippen LogP contribution is 2.27. The second-order valence-electron chi connectivity index (χ2n) is 4.65. The molecule has 1 saturated carbocycles. The Morgan fingerprint density at radius 3 is 2.94 bits per heavy atom. The lowest BCUT2D eigenvalue weighted by atomic mass is 9.82. The molecule has 0 atom stereocenters. The Bertz CT molecular complexity index is 416. The third kappa shape index (κ3) is 2.74. The van der Waals surface area contributed by atoms with Gasteiger partial charge in [-0.25, -0.2) is 4.98 Å². The van der Waals surface area contributed by atoms with Crippen molar-refractivity contribution in [2.75, 3.05) is 19.3 Å². The van der Waals surface area contributed by atoms with Gasteiger partial charge in [-0.15, -0.1) is 0 Å². The molecule has 0 unspecified atom stereocenters. The molecule has 0 aromatic carbocycles. The van der Waals surface area contributed by atoms with E-state index in [2.05, 4.69) is 4.98 Å². The van der Waals surface area contributed by atoms with Crippen LogP contribution < -0.4 is 5.73 Å². The molecule has 0 radical (unpaired) electrons. The molecule has 1 aliphatic carbocycles. The van der Waals surface area contributed by atoms with Gasteiger partial charge in [0.1, 0.15) is 5.82 Å². The van der Waals surface area contributed by atoms with Gasteiger partial charge in [0.05, 0.1) is 6.10 Å². The van der Waals surface area contributed by atoms with E-state index in [0.29, 0.717) is 23.8 Å². The number of aliphatic hydroxyl groups is 1. The third-order valence-electron chi connectivity index (χ3n) is 3.12. The molecule has 1 aromatic heterocycles. The minimum absolute atomic E-state index is 0.0551. The summed E-state index contributed by atoms with van der Waals surface area (Å²) in [6.45, 7) is 0.679. The van der Waals surface area contributed by atoms with Crippen molar-refractivity contribution in [2.24, 2.45) is 5.92 Å². The second kappa shape index (κ2) is 4.71. The molecule has 92 valence electrons. The van der Waals surface area contributed by atoms with Crippen LogP contribution in [-0.2, 0) is 0 Å². The Labute approximate surface area is 100 Å². The molecule has 1 aliphatic rings. The summed E-state index contributed by atoms with van der Waals surface area (Å²) >= 11 is 0. The molecular formula is C12H17N3O2. The number of anilines is 1.